The maximum Gasteiger partial charge on any atom is 0.165 e. The molecule has 0 spiro atoms. The summed E-state index contributed by atoms with van der Waals surface area (Å²) in [7, 11) is 1.43. The van der Waals surface area contributed by atoms with Crippen LogP contribution in [-0.2, 0) is 0 Å². The van der Waals surface area contributed by atoms with Gasteiger partial charge in [0, 0.05) is 12.4 Å². The average molecular weight is 246 g/mol. The molecule has 0 aliphatic carbocycles. The van der Waals surface area contributed by atoms with E-state index in [4.69, 9.17) is 10.5 Å². The van der Waals surface area contributed by atoms with Crippen molar-refractivity contribution in [2.24, 2.45) is 5.73 Å². The second kappa shape index (κ2) is 5.14. The molecule has 1 aromatic carbocycles. The lowest BCUT2D eigenvalue weighted by Crippen LogP contribution is -2.12. The Morgan fingerprint density at radius 1 is 1.22 bits per heavy atom. The van der Waals surface area contributed by atoms with Gasteiger partial charge in [0.2, 0.25) is 0 Å². The number of methoxy groups -OCH3 is 1. The van der Waals surface area contributed by atoms with Gasteiger partial charge in [0.1, 0.15) is 0 Å². The molecule has 1 aromatic heterocycles. The molecule has 94 valence electrons. The largest absolute Gasteiger partial charge is 0.494 e. The lowest BCUT2D eigenvalue weighted by Gasteiger charge is -2.13. The lowest BCUT2D eigenvalue weighted by atomic mass is 10.00. The third-order valence-corrected chi connectivity index (χ3v) is 2.79. The number of ether oxygens (including phenoxy) is 1. The van der Waals surface area contributed by atoms with Crippen LogP contribution in [-0.4, -0.2) is 12.1 Å². The van der Waals surface area contributed by atoms with Crippen LogP contribution in [0.4, 0.5) is 4.39 Å². The minimum absolute atomic E-state index is 0.216. The minimum Gasteiger partial charge on any atom is -0.494 e. The van der Waals surface area contributed by atoms with E-state index in [0.29, 0.717) is 5.56 Å². The monoisotopic (exact) mass is 246 g/mol. The fraction of sp³-hybridized carbons (Fsp3) is 0.214. The summed E-state index contributed by atoms with van der Waals surface area (Å²) >= 11 is 0. The van der Waals surface area contributed by atoms with Crippen LogP contribution in [0.25, 0.3) is 0 Å². The molecular weight excluding hydrogens is 231 g/mol. The smallest absolute Gasteiger partial charge is 0.165 e. The molecule has 2 aromatic rings. The number of hydrogen-bond donors (Lipinski definition) is 1. The molecule has 0 bridgehead atoms. The van der Waals surface area contributed by atoms with Crippen molar-refractivity contribution in [1.82, 2.24) is 4.98 Å². The molecule has 0 fully saturated rings. The predicted octanol–water partition coefficient (Wildman–Crippen LogP) is 2.59. The van der Waals surface area contributed by atoms with E-state index in [2.05, 4.69) is 4.98 Å². The first-order valence-electron chi connectivity index (χ1n) is 5.62. The molecule has 1 heterocycles. The van der Waals surface area contributed by atoms with Gasteiger partial charge in [-0.15, -0.1) is 0 Å². The van der Waals surface area contributed by atoms with E-state index in [-0.39, 0.29) is 5.75 Å². The lowest BCUT2D eigenvalue weighted by molar-refractivity contribution is 0.386. The van der Waals surface area contributed by atoms with E-state index in [1.807, 2.05) is 13.0 Å². The second-order valence-corrected chi connectivity index (χ2v) is 4.17. The fourth-order valence-electron chi connectivity index (χ4n) is 1.82. The molecular formula is C14H15FN2O. The number of rotatable bonds is 3. The van der Waals surface area contributed by atoms with Crippen LogP contribution in [0.5, 0.6) is 5.75 Å². The van der Waals surface area contributed by atoms with Crippen molar-refractivity contribution in [3.63, 3.8) is 0 Å². The summed E-state index contributed by atoms with van der Waals surface area (Å²) in [5.74, 6) is -0.195. The Bertz CT molecular complexity index is 557. The van der Waals surface area contributed by atoms with Gasteiger partial charge in [-0.05, 0) is 35.7 Å². The highest BCUT2D eigenvalue weighted by molar-refractivity contribution is 5.36. The van der Waals surface area contributed by atoms with E-state index in [1.54, 1.807) is 24.5 Å². The van der Waals surface area contributed by atoms with E-state index < -0.39 is 11.9 Å². The Balaban J connectivity index is 2.34. The van der Waals surface area contributed by atoms with Crippen molar-refractivity contribution in [2.75, 3.05) is 7.11 Å². The number of halogens is 1. The summed E-state index contributed by atoms with van der Waals surface area (Å²) in [5.41, 5.74) is 8.68. The highest BCUT2D eigenvalue weighted by Gasteiger charge is 2.12. The van der Waals surface area contributed by atoms with Crippen molar-refractivity contribution in [3.8, 4) is 5.75 Å². The molecule has 3 nitrogen and oxygen atoms in total. The highest BCUT2D eigenvalue weighted by Crippen LogP contribution is 2.24. The van der Waals surface area contributed by atoms with Crippen molar-refractivity contribution in [3.05, 3.63) is 59.2 Å². The van der Waals surface area contributed by atoms with Gasteiger partial charge in [-0.3, -0.25) is 4.98 Å². The Hall–Kier alpha value is -1.94. The summed E-state index contributed by atoms with van der Waals surface area (Å²) in [5, 5.41) is 0. The topological polar surface area (TPSA) is 48.1 Å². The highest BCUT2D eigenvalue weighted by atomic mass is 19.1. The van der Waals surface area contributed by atoms with Crippen LogP contribution in [0, 0.1) is 12.7 Å². The van der Waals surface area contributed by atoms with Crippen molar-refractivity contribution in [1.29, 1.82) is 0 Å². The number of benzene rings is 1. The fourth-order valence-corrected chi connectivity index (χ4v) is 1.82. The van der Waals surface area contributed by atoms with Gasteiger partial charge in [-0.25, -0.2) is 4.39 Å². The third kappa shape index (κ3) is 2.49. The van der Waals surface area contributed by atoms with Crippen molar-refractivity contribution >= 4 is 0 Å². The molecule has 0 aliphatic rings. The molecule has 0 saturated heterocycles. The van der Waals surface area contributed by atoms with Gasteiger partial charge in [-0.2, -0.15) is 0 Å². The molecule has 0 saturated carbocycles. The molecule has 18 heavy (non-hydrogen) atoms. The molecule has 1 unspecified atom stereocenters. The van der Waals surface area contributed by atoms with E-state index in [1.165, 1.54) is 13.2 Å². The summed E-state index contributed by atoms with van der Waals surface area (Å²) in [6.45, 7) is 1.94. The first-order chi connectivity index (χ1) is 8.61. The SMILES string of the molecule is COc1ccc(C(N)c2cncc(C)c2)cc1F. The van der Waals surface area contributed by atoms with Crippen molar-refractivity contribution in [2.45, 2.75) is 13.0 Å². The molecule has 4 heteroatoms. The van der Waals surface area contributed by atoms with Gasteiger partial charge in [0.25, 0.3) is 0 Å². The van der Waals surface area contributed by atoms with E-state index in [0.717, 1.165) is 11.1 Å². The number of aromatic nitrogens is 1. The molecule has 1 atom stereocenters. The Morgan fingerprint density at radius 3 is 2.61 bits per heavy atom. The van der Waals surface area contributed by atoms with Gasteiger partial charge in [-0.1, -0.05) is 12.1 Å². The zero-order valence-corrected chi connectivity index (χ0v) is 10.4. The first-order valence-corrected chi connectivity index (χ1v) is 5.62. The number of pyridine rings is 1. The van der Waals surface area contributed by atoms with Crippen LogP contribution < -0.4 is 10.5 Å². The zero-order chi connectivity index (χ0) is 13.1. The van der Waals surface area contributed by atoms with E-state index in [9.17, 15) is 4.39 Å². The minimum atomic E-state index is -0.411. The zero-order valence-electron chi connectivity index (χ0n) is 10.4. The number of hydrogen-bond acceptors (Lipinski definition) is 3. The average Bonchev–Trinajstić information content (AvgIpc) is 2.37. The summed E-state index contributed by atoms with van der Waals surface area (Å²) < 4.78 is 18.5. The standard InChI is InChI=1S/C14H15FN2O/c1-9-5-11(8-17-7-9)14(16)10-3-4-13(18-2)12(15)6-10/h3-8,14H,16H2,1-2H3. The molecule has 0 radical (unpaired) electrons. The van der Waals surface area contributed by atoms with Crippen LogP contribution in [0.2, 0.25) is 0 Å². The maximum absolute atomic E-state index is 13.6. The summed E-state index contributed by atoms with van der Waals surface area (Å²) in [4.78, 5) is 4.09. The Morgan fingerprint density at radius 2 is 2.00 bits per heavy atom. The van der Waals surface area contributed by atoms with Gasteiger partial charge >= 0.3 is 0 Å². The van der Waals surface area contributed by atoms with Crippen LogP contribution in [0.3, 0.4) is 0 Å². The summed E-state index contributed by atoms with van der Waals surface area (Å²) in [6.07, 6.45) is 3.45. The third-order valence-electron chi connectivity index (χ3n) is 2.79. The molecule has 0 aliphatic heterocycles. The quantitative estimate of drug-likeness (QED) is 0.905. The number of aryl methyl sites for hydroxylation is 1. The molecule has 2 N–H and O–H groups in total. The van der Waals surface area contributed by atoms with E-state index >= 15 is 0 Å². The van der Waals surface area contributed by atoms with Crippen LogP contribution >= 0.6 is 0 Å². The Kier molecular flexibility index (Phi) is 3.58. The first kappa shape index (κ1) is 12.5. The number of nitrogens with two attached hydrogens (primary N) is 1. The number of nitrogens with zero attached hydrogens (tertiary/aromatic N) is 1. The van der Waals surface area contributed by atoms with Crippen molar-refractivity contribution < 1.29 is 9.13 Å². The van der Waals surface area contributed by atoms with Gasteiger partial charge in [0.15, 0.2) is 11.6 Å². The predicted molar refractivity (Wildman–Crippen MR) is 68.0 cm³/mol. The van der Waals surface area contributed by atoms with Gasteiger partial charge < -0.3 is 10.5 Å². The Labute approximate surface area is 105 Å². The van der Waals surface area contributed by atoms with Gasteiger partial charge in [0.05, 0.1) is 13.2 Å². The van der Waals surface area contributed by atoms with Crippen LogP contribution in [0.15, 0.2) is 36.7 Å². The second-order valence-electron chi connectivity index (χ2n) is 4.17. The van der Waals surface area contributed by atoms with Crippen LogP contribution in [0.1, 0.15) is 22.7 Å². The molecule has 2 rings (SSSR count). The summed E-state index contributed by atoms with van der Waals surface area (Å²) in [6, 6.07) is 6.28. The molecule has 0 amide bonds. The maximum atomic E-state index is 13.6. The normalized spacial score (nSPS) is 12.2.